The molecule has 0 spiro atoms. The second-order valence-corrected chi connectivity index (χ2v) is 3.40. The molecule has 1 rings (SSSR count). The predicted molar refractivity (Wildman–Crippen MR) is 53.3 cm³/mol. The number of aryl methyl sites for hydroxylation is 2. The zero-order valence-corrected chi connectivity index (χ0v) is 8.77. The minimum Gasteiger partial charge on any atom is -0.192 e. The van der Waals surface area contributed by atoms with Crippen molar-refractivity contribution >= 4 is 15.9 Å². The van der Waals surface area contributed by atoms with Crippen LogP contribution in [0.4, 0.5) is 0 Å². The first-order valence-electron chi connectivity index (χ1n) is 3.75. The van der Waals surface area contributed by atoms with Gasteiger partial charge >= 0.3 is 0 Å². The van der Waals surface area contributed by atoms with Gasteiger partial charge in [-0.1, -0.05) is 22.0 Å². The average molecular weight is 224 g/mol. The van der Waals surface area contributed by atoms with Gasteiger partial charge in [-0.2, -0.15) is 5.26 Å². The maximum Gasteiger partial charge on any atom is 0.0994 e. The Morgan fingerprint density at radius 3 is 2.50 bits per heavy atom. The lowest BCUT2D eigenvalue weighted by atomic mass is 10.0. The first-order valence-corrected chi connectivity index (χ1v) is 4.87. The molecule has 1 aromatic rings. The van der Waals surface area contributed by atoms with E-state index in [4.69, 9.17) is 5.26 Å². The molecule has 0 fully saturated rings. The lowest BCUT2D eigenvalue weighted by molar-refractivity contribution is 1.26. The van der Waals surface area contributed by atoms with Gasteiger partial charge in [-0.25, -0.2) is 0 Å². The summed E-state index contributed by atoms with van der Waals surface area (Å²) < 4.78 is 0. The molecule has 0 atom stereocenters. The molecule has 0 unspecified atom stereocenters. The largest absolute Gasteiger partial charge is 0.192 e. The third-order valence-electron chi connectivity index (χ3n) is 1.95. The third kappa shape index (κ3) is 1.67. The molecule has 0 radical (unpaired) electrons. The van der Waals surface area contributed by atoms with E-state index in [1.54, 1.807) is 0 Å². The minimum atomic E-state index is 0.773. The molecular weight excluding hydrogens is 214 g/mol. The summed E-state index contributed by atoms with van der Waals surface area (Å²) in [6.45, 7) is 4.02. The molecule has 0 aromatic heterocycles. The summed E-state index contributed by atoms with van der Waals surface area (Å²) in [4.78, 5) is 0. The van der Waals surface area contributed by atoms with E-state index in [0.29, 0.717) is 0 Å². The Bertz CT molecular complexity index is 336. The van der Waals surface area contributed by atoms with Crippen molar-refractivity contribution in [2.24, 2.45) is 0 Å². The van der Waals surface area contributed by atoms with Crippen LogP contribution in [0.5, 0.6) is 0 Å². The van der Waals surface area contributed by atoms with Crippen molar-refractivity contribution in [3.63, 3.8) is 0 Å². The smallest absolute Gasteiger partial charge is 0.0994 e. The van der Waals surface area contributed by atoms with E-state index in [1.807, 2.05) is 13.0 Å². The molecule has 0 amide bonds. The zero-order chi connectivity index (χ0) is 9.14. The first-order chi connectivity index (χ1) is 5.69. The van der Waals surface area contributed by atoms with Gasteiger partial charge in [0.15, 0.2) is 0 Å². The summed E-state index contributed by atoms with van der Waals surface area (Å²) in [5, 5.41) is 9.58. The molecule has 0 saturated heterocycles. The van der Waals surface area contributed by atoms with Gasteiger partial charge in [0.2, 0.25) is 0 Å². The van der Waals surface area contributed by atoms with Crippen molar-refractivity contribution in [1.82, 2.24) is 0 Å². The zero-order valence-electron chi connectivity index (χ0n) is 7.19. The lowest BCUT2D eigenvalue weighted by Gasteiger charge is -2.04. The van der Waals surface area contributed by atoms with E-state index in [-0.39, 0.29) is 0 Å². The SMILES string of the molecule is Cc1cc(C)c(CBr)cc1C#N. The molecule has 1 aromatic carbocycles. The van der Waals surface area contributed by atoms with Gasteiger partial charge in [0.25, 0.3) is 0 Å². The Morgan fingerprint density at radius 2 is 2.00 bits per heavy atom. The third-order valence-corrected chi connectivity index (χ3v) is 2.55. The maximum absolute atomic E-state index is 8.76. The van der Waals surface area contributed by atoms with E-state index in [0.717, 1.165) is 16.5 Å². The van der Waals surface area contributed by atoms with Gasteiger partial charge in [0.05, 0.1) is 11.6 Å². The molecule has 1 nitrogen and oxygen atoms in total. The molecule has 62 valence electrons. The van der Waals surface area contributed by atoms with Crippen LogP contribution in [0.25, 0.3) is 0 Å². The van der Waals surface area contributed by atoms with Crippen molar-refractivity contribution in [3.05, 3.63) is 34.4 Å². The Kier molecular flexibility index (Phi) is 2.88. The quantitative estimate of drug-likeness (QED) is 0.672. The molecule has 0 aliphatic carbocycles. The summed E-state index contributed by atoms with van der Waals surface area (Å²) in [7, 11) is 0. The fourth-order valence-corrected chi connectivity index (χ4v) is 1.77. The van der Waals surface area contributed by atoms with Gasteiger partial charge in [-0.3, -0.25) is 0 Å². The standard InChI is InChI=1S/C10H10BrN/c1-7-3-8(2)10(6-12)4-9(7)5-11/h3-4H,5H2,1-2H3. The highest BCUT2D eigenvalue weighted by molar-refractivity contribution is 9.08. The monoisotopic (exact) mass is 223 g/mol. The number of alkyl halides is 1. The lowest BCUT2D eigenvalue weighted by Crippen LogP contribution is -1.90. The van der Waals surface area contributed by atoms with Crippen LogP contribution in [-0.2, 0) is 5.33 Å². The van der Waals surface area contributed by atoms with E-state index < -0.39 is 0 Å². The summed E-state index contributed by atoms with van der Waals surface area (Å²) in [6, 6.07) is 6.17. The van der Waals surface area contributed by atoms with Crippen LogP contribution in [0.3, 0.4) is 0 Å². The number of nitriles is 1. The molecule has 0 aliphatic heterocycles. The Labute approximate surface area is 81.2 Å². The van der Waals surface area contributed by atoms with E-state index >= 15 is 0 Å². The maximum atomic E-state index is 8.76. The predicted octanol–water partition coefficient (Wildman–Crippen LogP) is 3.07. The highest BCUT2D eigenvalue weighted by atomic mass is 79.9. The number of halogens is 1. The van der Waals surface area contributed by atoms with Crippen molar-refractivity contribution < 1.29 is 0 Å². The summed E-state index contributed by atoms with van der Waals surface area (Å²) in [5.74, 6) is 0. The molecule has 2 heteroatoms. The van der Waals surface area contributed by atoms with Gasteiger partial charge in [0.1, 0.15) is 0 Å². The molecule has 12 heavy (non-hydrogen) atoms. The molecular formula is C10H10BrN. The second kappa shape index (κ2) is 3.73. The molecule has 0 bridgehead atoms. The van der Waals surface area contributed by atoms with Crippen LogP contribution in [0, 0.1) is 25.2 Å². The number of benzene rings is 1. The fraction of sp³-hybridized carbons (Fsp3) is 0.300. The first kappa shape index (κ1) is 9.28. The summed E-state index contributed by atoms with van der Waals surface area (Å²) in [6.07, 6.45) is 0. The Balaban J connectivity index is 3.30. The highest BCUT2D eigenvalue weighted by Crippen LogP contribution is 2.17. The van der Waals surface area contributed by atoms with Crippen LogP contribution < -0.4 is 0 Å². The Hall–Kier alpha value is -0.810. The summed E-state index contributed by atoms with van der Waals surface area (Å²) in [5.41, 5.74) is 4.26. The molecule has 0 saturated carbocycles. The summed E-state index contributed by atoms with van der Waals surface area (Å²) >= 11 is 3.39. The van der Waals surface area contributed by atoms with Gasteiger partial charge in [0, 0.05) is 5.33 Å². The molecule has 0 aliphatic rings. The van der Waals surface area contributed by atoms with Crippen LogP contribution in [0.2, 0.25) is 0 Å². The molecule has 0 heterocycles. The van der Waals surface area contributed by atoms with Crippen LogP contribution in [0.15, 0.2) is 12.1 Å². The van der Waals surface area contributed by atoms with Crippen molar-refractivity contribution in [2.45, 2.75) is 19.2 Å². The molecule has 0 N–H and O–H groups in total. The number of hydrogen-bond donors (Lipinski definition) is 0. The number of nitrogens with zero attached hydrogens (tertiary/aromatic N) is 1. The van der Waals surface area contributed by atoms with Gasteiger partial charge < -0.3 is 0 Å². The van der Waals surface area contributed by atoms with E-state index in [1.165, 1.54) is 11.1 Å². The topological polar surface area (TPSA) is 23.8 Å². The number of hydrogen-bond acceptors (Lipinski definition) is 1. The Morgan fingerprint density at radius 1 is 1.33 bits per heavy atom. The van der Waals surface area contributed by atoms with E-state index in [2.05, 4.69) is 35.0 Å². The normalized spacial score (nSPS) is 9.50. The van der Waals surface area contributed by atoms with Crippen molar-refractivity contribution in [1.29, 1.82) is 5.26 Å². The van der Waals surface area contributed by atoms with E-state index in [9.17, 15) is 0 Å². The van der Waals surface area contributed by atoms with Crippen LogP contribution in [-0.4, -0.2) is 0 Å². The fourth-order valence-electron chi connectivity index (χ4n) is 1.16. The second-order valence-electron chi connectivity index (χ2n) is 2.84. The van der Waals surface area contributed by atoms with Crippen molar-refractivity contribution in [3.8, 4) is 6.07 Å². The van der Waals surface area contributed by atoms with Crippen LogP contribution in [0.1, 0.15) is 22.3 Å². The van der Waals surface area contributed by atoms with Gasteiger partial charge in [-0.15, -0.1) is 0 Å². The minimum absolute atomic E-state index is 0.773. The van der Waals surface area contributed by atoms with Crippen LogP contribution >= 0.6 is 15.9 Å². The highest BCUT2D eigenvalue weighted by Gasteiger charge is 2.02. The number of rotatable bonds is 1. The average Bonchev–Trinajstić information content (AvgIpc) is 2.05. The van der Waals surface area contributed by atoms with Gasteiger partial charge in [-0.05, 0) is 36.6 Å². The van der Waals surface area contributed by atoms with Crippen molar-refractivity contribution in [2.75, 3.05) is 0 Å².